The van der Waals surface area contributed by atoms with Gasteiger partial charge in [-0.25, -0.2) is 0 Å². The topological polar surface area (TPSA) is 58.6 Å². The zero-order valence-corrected chi connectivity index (χ0v) is 13.2. The van der Waals surface area contributed by atoms with Crippen LogP contribution in [0.1, 0.15) is 47.0 Å². The molecule has 1 atom stereocenters. The van der Waals surface area contributed by atoms with Crippen molar-refractivity contribution in [3.8, 4) is 0 Å². The van der Waals surface area contributed by atoms with Crippen molar-refractivity contribution < 1.29 is 14.3 Å². The minimum absolute atomic E-state index is 0.0191. The molecule has 1 aliphatic rings. The molecule has 0 spiro atoms. The number of carbonyl (C=O) groups is 2. The van der Waals surface area contributed by atoms with E-state index in [1.165, 1.54) is 0 Å². The highest BCUT2D eigenvalue weighted by molar-refractivity contribution is 5.95. The van der Waals surface area contributed by atoms with E-state index < -0.39 is 6.04 Å². The van der Waals surface area contributed by atoms with E-state index in [0.717, 1.165) is 25.9 Å². The van der Waals surface area contributed by atoms with Crippen LogP contribution < -0.4 is 5.32 Å². The highest BCUT2D eigenvalue weighted by atomic mass is 16.5. The van der Waals surface area contributed by atoms with Gasteiger partial charge < -0.3 is 15.0 Å². The molecule has 0 radical (unpaired) electrons. The molecule has 0 aliphatic carbocycles. The van der Waals surface area contributed by atoms with E-state index in [1.807, 2.05) is 20.8 Å². The Morgan fingerprint density at radius 1 is 1.25 bits per heavy atom. The molecule has 1 fully saturated rings. The summed E-state index contributed by atoms with van der Waals surface area (Å²) in [6.45, 7) is 10.2. The van der Waals surface area contributed by atoms with Crippen LogP contribution in [0.5, 0.6) is 0 Å². The van der Waals surface area contributed by atoms with Gasteiger partial charge in [0.25, 0.3) is 0 Å². The monoisotopic (exact) mass is 284 g/mol. The van der Waals surface area contributed by atoms with Gasteiger partial charge in [0, 0.05) is 19.8 Å². The van der Waals surface area contributed by atoms with Crippen molar-refractivity contribution in [1.29, 1.82) is 0 Å². The quantitative estimate of drug-likeness (QED) is 0.722. The number of unbranched alkanes of at least 4 members (excludes halogenated alkanes) is 1. The maximum absolute atomic E-state index is 12.4. The predicted molar refractivity (Wildman–Crippen MR) is 78.3 cm³/mol. The van der Waals surface area contributed by atoms with Gasteiger partial charge in [-0.3, -0.25) is 9.59 Å². The number of rotatable bonds is 7. The molecule has 1 aliphatic heterocycles. The molecule has 5 heteroatoms. The summed E-state index contributed by atoms with van der Waals surface area (Å²) in [4.78, 5) is 25.7. The molecule has 5 nitrogen and oxygen atoms in total. The molecule has 0 aromatic heterocycles. The van der Waals surface area contributed by atoms with Gasteiger partial charge in [0.15, 0.2) is 0 Å². The third-order valence-corrected chi connectivity index (χ3v) is 3.42. The van der Waals surface area contributed by atoms with Gasteiger partial charge in [-0.2, -0.15) is 0 Å². The van der Waals surface area contributed by atoms with E-state index in [4.69, 9.17) is 4.74 Å². The van der Waals surface area contributed by atoms with Gasteiger partial charge in [0.05, 0.1) is 6.54 Å². The van der Waals surface area contributed by atoms with Crippen LogP contribution in [0.3, 0.4) is 0 Å². The normalized spacial score (nSPS) is 20.2. The van der Waals surface area contributed by atoms with Crippen molar-refractivity contribution in [3.63, 3.8) is 0 Å². The SMILES string of the molecule is CCCCOCCCN1CC(=O)NC(C(C)(C)C)C1=O. The third kappa shape index (κ3) is 5.12. The Labute approximate surface area is 122 Å². The first-order chi connectivity index (χ1) is 9.36. The molecule has 1 rings (SSSR count). The number of ether oxygens (including phenoxy) is 1. The zero-order chi connectivity index (χ0) is 15.2. The zero-order valence-electron chi connectivity index (χ0n) is 13.2. The minimum Gasteiger partial charge on any atom is -0.381 e. The first kappa shape index (κ1) is 17.0. The van der Waals surface area contributed by atoms with Crippen LogP contribution in [0, 0.1) is 5.41 Å². The van der Waals surface area contributed by atoms with Gasteiger partial charge in [-0.1, -0.05) is 34.1 Å². The number of hydrogen-bond acceptors (Lipinski definition) is 3. The molecule has 0 bridgehead atoms. The van der Waals surface area contributed by atoms with Crippen LogP contribution in [0.25, 0.3) is 0 Å². The Hall–Kier alpha value is -1.10. The van der Waals surface area contributed by atoms with E-state index in [-0.39, 0.29) is 23.8 Å². The van der Waals surface area contributed by atoms with Crippen LogP contribution in [0.2, 0.25) is 0 Å². The third-order valence-electron chi connectivity index (χ3n) is 3.42. The van der Waals surface area contributed by atoms with Crippen molar-refractivity contribution in [2.75, 3.05) is 26.3 Å². The van der Waals surface area contributed by atoms with Gasteiger partial charge in [0.2, 0.25) is 11.8 Å². The second-order valence-corrected chi connectivity index (χ2v) is 6.45. The largest absolute Gasteiger partial charge is 0.381 e. The van der Waals surface area contributed by atoms with Crippen molar-refractivity contribution >= 4 is 11.8 Å². The first-order valence-electron chi connectivity index (χ1n) is 7.52. The Kier molecular flexibility index (Phi) is 6.46. The van der Waals surface area contributed by atoms with E-state index >= 15 is 0 Å². The molecule has 20 heavy (non-hydrogen) atoms. The number of hydrogen-bond donors (Lipinski definition) is 1. The summed E-state index contributed by atoms with van der Waals surface area (Å²) in [5.41, 5.74) is -0.261. The molecule has 2 amide bonds. The Morgan fingerprint density at radius 2 is 1.90 bits per heavy atom. The lowest BCUT2D eigenvalue weighted by Gasteiger charge is -2.38. The van der Waals surface area contributed by atoms with Gasteiger partial charge in [-0.15, -0.1) is 0 Å². The summed E-state index contributed by atoms with van der Waals surface area (Å²) in [6, 6.07) is -0.426. The summed E-state index contributed by atoms with van der Waals surface area (Å²) in [7, 11) is 0. The second-order valence-electron chi connectivity index (χ2n) is 6.45. The summed E-state index contributed by atoms with van der Waals surface area (Å²) in [5, 5.41) is 2.79. The van der Waals surface area contributed by atoms with Crippen molar-refractivity contribution in [2.45, 2.75) is 53.0 Å². The lowest BCUT2D eigenvalue weighted by atomic mass is 9.85. The number of nitrogens with one attached hydrogen (secondary N) is 1. The number of carbonyl (C=O) groups excluding carboxylic acids is 2. The average Bonchev–Trinajstić information content (AvgIpc) is 2.35. The molecule has 0 aromatic carbocycles. The lowest BCUT2D eigenvalue weighted by Crippen LogP contribution is -2.62. The van der Waals surface area contributed by atoms with Crippen LogP contribution >= 0.6 is 0 Å². The van der Waals surface area contributed by atoms with E-state index in [2.05, 4.69) is 12.2 Å². The fourth-order valence-corrected chi connectivity index (χ4v) is 2.18. The van der Waals surface area contributed by atoms with Gasteiger partial charge in [0.1, 0.15) is 6.04 Å². The lowest BCUT2D eigenvalue weighted by molar-refractivity contribution is -0.147. The molecular weight excluding hydrogens is 256 g/mol. The Bertz CT molecular complexity index is 337. The molecule has 116 valence electrons. The van der Waals surface area contributed by atoms with Gasteiger partial charge in [-0.05, 0) is 18.3 Å². The summed E-state index contributed by atoms with van der Waals surface area (Å²) < 4.78 is 5.48. The molecule has 1 heterocycles. The number of piperazine rings is 1. The number of nitrogens with zero attached hydrogens (tertiary/aromatic N) is 1. The summed E-state index contributed by atoms with van der Waals surface area (Å²) in [6.07, 6.45) is 2.97. The molecular formula is C15H28N2O3. The van der Waals surface area contributed by atoms with Crippen molar-refractivity contribution in [3.05, 3.63) is 0 Å². The predicted octanol–water partition coefficient (Wildman–Crippen LogP) is 1.57. The van der Waals surface area contributed by atoms with Crippen LogP contribution in [-0.2, 0) is 14.3 Å². The fourth-order valence-electron chi connectivity index (χ4n) is 2.18. The molecule has 0 saturated carbocycles. The maximum atomic E-state index is 12.4. The first-order valence-corrected chi connectivity index (χ1v) is 7.52. The smallest absolute Gasteiger partial charge is 0.246 e. The van der Waals surface area contributed by atoms with E-state index in [9.17, 15) is 9.59 Å². The standard InChI is InChI=1S/C15H28N2O3/c1-5-6-9-20-10-7-8-17-11-12(18)16-13(14(17)19)15(2,3)4/h13H,5-11H2,1-4H3,(H,16,18). The van der Waals surface area contributed by atoms with Crippen molar-refractivity contribution in [2.24, 2.45) is 5.41 Å². The van der Waals surface area contributed by atoms with Crippen LogP contribution in [0.15, 0.2) is 0 Å². The summed E-state index contributed by atoms with van der Waals surface area (Å²) >= 11 is 0. The summed E-state index contributed by atoms with van der Waals surface area (Å²) in [5.74, 6) is -0.0536. The number of amides is 2. The molecule has 1 unspecified atom stereocenters. The van der Waals surface area contributed by atoms with Gasteiger partial charge >= 0.3 is 0 Å². The van der Waals surface area contributed by atoms with Crippen LogP contribution in [0.4, 0.5) is 0 Å². The fraction of sp³-hybridized carbons (Fsp3) is 0.867. The molecule has 0 aromatic rings. The molecule has 1 saturated heterocycles. The minimum atomic E-state index is -0.426. The van der Waals surface area contributed by atoms with E-state index in [1.54, 1.807) is 4.90 Å². The highest BCUT2D eigenvalue weighted by Crippen LogP contribution is 2.23. The Morgan fingerprint density at radius 3 is 2.50 bits per heavy atom. The Balaban J connectivity index is 2.40. The van der Waals surface area contributed by atoms with Crippen molar-refractivity contribution in [1.82, 2.24) is 10.2 Å². The maximum Gasteiger partial charge on any atom is 0.246 e. The highest BCUT2D eigenvalue weighted by Gasteiger charge is 2.39. The van der Waals surface area contributed by atoms with E-state index in [0.29, 0.717) is 13.2 Å². The molecule has 1 N–H and O–H groups in total. The van der Waals surface area contributed by atoms with Crippen LogP contribution in [-0.4, -0.2) is 49.1 Å². The average molecular weight is 284 g/mol. The second kappa shape index (κ2) is 7.62.